The molecule has 1 fully saturated rings. The highest BCUT2D eigenvalue weighted by atomic mass is 35.5. The number of hydrogen-bond donors (Lipinski definition) is 3. The van der Waals surface area contributed by atoms with Gasteiger partial charge in [-0.05, 0) is 12.8 Å². The van der Waals surface area contributed by atoms with Gasteiger partial charge in [-0.15, -0.1) is 0 Å². The molecule has 0 radical (unpaired) electrons. The molecule has 3 rings (SSSR count). The van der Waals surface area contributed by atoms with Crippen molar-refractivity contribution in [2.45, 2.75) is 18.9 Å². The lowest BCUT2D eigenvalue weighted by Gasteiger charge is -2.35. The first-order valence-corrected chi connectivity index (χ1v) is 6.94. The molecule has 1 aliphatic rings. The van der Waals surface area contributed by atoms with E-state index in [0.717, 1.165) is 49.1 Å². The molecular weight excluding hydrogens is 278 g/mol. The third kappa shape index (κ3) is 2.16. The number of nitrogen functional groups attached to an aromatic ring is 1. The van der Waals surface area contributed by atoms with Gasteiger partial charge in [-0.3, -0.25) is 4.79 Å². The Kier molecular flexibility index (Phi) is 3.40. The van der Waals surface area contributed by atoms with E-state index in [1.807, 2.05) is 0 Å². The van der Waals surface area contributed by atoms with E-state index in [0.29, 0.717) is 10.7 Å². The summed E-state index contributed by atoms with van der Waals surface area (Å²) in [6, 6.07) is 0.140. The maximum absolute atomic E-state index is 10.6. The van der Waals surface area contributed by atoms with Crippen molar-refractivity contribution in [2.24, 2.45) is 0 Å². The van der Waals surface area contributed by atoms with Crippen LogP contribution in [0.5, 0.6) is 0 Å². The van der Waals surface area contributed by atoms with Gasteiger partial charge >= 0.3 is 0 Å². The summed E-state index contributed by atoms with van der Waals surface area (Å²) in [4.78, 5) is 20.1. The highest BCUT2D eigenvalue weighted by Crippen LogP contribution is 2.37. The molecule has 0 saturated carbocycles. The minimum Gasteiger partial charge on any atom is -0.397 e. The quantitative estimate of drug-likeness (QED) is 0.749. The Morgan fingerprint density at radius 2 is 2.45 bits per heavy atom. The van der Waals surface area contributed by atoms with Crippen LogP contribution in [0.4, 0.5) is 11.4 Å². The fraction of sp³-hybridized carbons (Fsp3) is 0.385. The van der Waals surface area contributed by atoms with E-state index >= 15 is 0 Å². The summed E-state index contributed by atoms with van der Waals surface area (Å²) < 4.78 is 0. The lowest BCUT2D eigenvalue weighted by molar-refractivity contribution is -0.110. The first kappa shape index (κ1) is 13.1. The van der Waals surface area contributed by atoms with Crippen molar-refractivity contribution in [1.82, 2.24) is 15.3 Å². The molecule has 1 amide bonds. The van der Waals surface area contributed by atoms with Crippen molar-refractivity contribution in [2.75, 3.05) is 23.7 Å². The standard InChI is InChI=1S/C13H16ClN5O/c14-9-4-16-13-11(10(15)5-17-13)12(9)19-3-1-2-8(6-19)18-7-20/h4-5,7-8H,1-3,6,15H2,(H,16,17)(H,18,20)/t8-/m1/s1. The molecule has 20 heavy (non-hydrogen) atoms. The van der Waals surface area contributed by atoms with Crippen molar-refractivity contribution in [3.8, 4) is 0 Å². The predicted molar refractivity (Wildman–Crippen MR) is 80.0 cm³/mol. The van der Waals surface area contributed by atoms with Crippen LogP contribution in [-0.4, -0.2) is 35.5 Å². The molecule has 0 aromatic carbocycles. The zero-order valence-corrected chi connectivity index (χ0v) is 11.7. The van der Waals surface area contributed by atoms with Crippen LogP contribution in [0.3, 0.4) is 0 Å². The lowest BCUT2D eigenvalue weighted by atomic mass is 10.0. The first-order valence-electron chi connectivity index (χ1n) is 6.56. The third-order valence-corrected chi connectivity index (χ3v) is 3.98. The summed E-state index contributed by atoms with van der Waals surface area (Å²) in [5.74, 6) is 0. The molecule has 1 aliphatic heterocycles. The van der Waals surface area contributed by atoms with Gasteiger partial charge in [0.25, 0.3) is 0 Å². The largest absolute Gasteiger partial charge is 0.397 e. The first-order chi connectivity index (χ1) is 9.70. The summed E-state index contributed by atoms with van der Waals surface area (Å²) >= 11 is 6.33. The zero-order chi connectivity index (χ0) is 14.1. The topological polar surface area (TPSA) is 87.0 Å². The highest BCUT2D eigenvalue weighted by Gasteiger charge is 2.24. The number of nitrogens with zero attached hydrogens (tertiary/aromatic N) is 2. The normalized spacial score (nSPS) is 19.2. The van der Waals surface area contributed by atoms with Crippen LogP contribution in [0.1, 0.15) is 12.8 Å². The number of hydrogen-bond acceptors (Lipinski definition) is 4. The van der Waals surface area contributed by atoms with Crippen LogP contribution < -0.4 is 16.0 Å². The molecule has 106 valence electrons. The van der Waals surface area contributed by atoms with Crippen LogP contribution in [0.15, 0.2) is 12.4 Å². The molecule has 0 unspecified atom stereocenters. The molecule has 2 aromatic rings. The molecular formula is C13H16ClN5O. The Balaban J connectivity index is 2.02. The number of amides is 1. The molecule has 6 nitrogen and oxygen atoms in total. The van der Waals surface area contributed by atoms with Gasteiger partial charge in [-0.2, -0.15) is 0 Å². The van der Waals surface area contributed by atoms with E-state index in [1.165, 1.54) is 0 Å². The maximum Gasteiger partial charge on any atom is 0.207 e. The second kappa shape index (κ2) is 5.20. The van der Waals surface area contributed by atoms with Gasteiger partial charge in [0, 0.05) is 25.3 Å². The van der Waals surface area contributed by atoms with Crippen molar-refractivity contribution in [3.05, 3.63) is 17.4 Å². The molecule has 0 spiro atoms. The Hall–Kier alpha value is -1.95. The maximum atomic E-state index is 10.6. The number of H-pyrrole nitrogens is 1. The van der Waals surface area contributed by atoms with Crippen LogP contribution in [0, 0.1) is 0 Å². The van der Waals surface area contributed by atoms with E-state index in [-0.39, 0.29) is 6.04 Å². The molecule has 1 saturated heterocycles. The van der Waals surface area contributed by atoms with Crippen LogP contribution in [0.25, 0.3) is 11.0 Å². The Morgan fingerprint density at radius 3 is 3.25 bits per heavy atom. The average molecular weight is 294 g/mol. The number of carbonyl (C=O) groups is 1. The van der Waals surface area contributed by atoms with Gasteiger partial charge in [0.2, 0.25) is 6.41 Å². The third-order valence-electron chi connectivity index (χ3n) is 3.70. The molecule has 1 atom stereocenters. The number of aromatic nitrogens is 2. The fourth-order valence-electron chi connectivity index (χ4n) is 2.80. The summed E-state index contributed by atoms with van der Waals surface area (Å²) in [7, 11) is 0. The number of piperidine rings is 1. The Morgan fingerprint density at radius 1 is 1.60 bits per heavy atom. The smallest absolute Gasteiger partial charge is 0.207 e. The number of halogens is 1. The number of carbonyl (C=O) groups excluding carboxylic acids is 1. The summed E-state index contributed by atoms with van der Waals surface area (Å²) in [6.45, 7) is 1.61. The number of anilines is 2. The van der Waals surface area contributed by atoms with Gasteiger partial charge in [0.15, 0.2) is 0 Å². The average Bonchev–Trinajstić information content (AvgIpc) is 2.81. The number of nitrogens with one attached hydrogen (secondary N) is 2. The van der Waals surface area contributed by atoms with E-state index in [9.17, 15) is 4.79 Å². The van der Waals surface area contributed by atoms with E-state index in [4.69, 9.17) is 17.3 Å². The summed E-state index contributed by atoms with van der Waals surface area (Å²) in [5.41, 5.74) is 8.28. The molecule has 0 aliphatic carbocycles. The number of rotatable bonds is 3. The van der Waals surface area contributed by atoms with Crippen molar-refractivity contribution < 1.29 is 4.79 Å². The Labute approximate surface area is 121 Å². The van der Waals surface area contributed by atoms with Crippen molar-refractivity contribution in [3.63, 3.8) is 0 Å². The van der Waals surface area contributed by atoms with Gasteiger partial charge in [0.1, 0.15) is 5.65 Å². The minimum atomic E-state index is 0.140. The number of pyridine rings is 1. The number of aromatic amines is 1. The molecule has 3 heterocycles. The lowest BCUT2D eigenvalue weighted by Crippen LogP contribution is -2.45. The van der Waals surface area contributed by atoms with Gasteiger partial charge in [-0.1, -0.05) is 11.6 Å². The van der Waals surface area contributed by atoms with Crippen LogP contribution in [-0.2, 0) is 4.79 Å². The molecule has 0 bridgehead atoms. The van der Waals surface area contributed by atoms with Crippen LogP contribution >= 0.6 is 11.6 Å². The minimum absolute atomic E-state index is 0.140. The Bertz CT molecular complexity index is 641. The van der Waals surface area contributed by atoms with Gasteiger partial charge < -0.3 is 20.9 Å². The summed E-state index contributed by atoms with van der Waals surface area (Å²) in [6.07, 6.45) is 6.08. The zero-order valence-electron chi connectivity index (χ0n) is 10.9. The highest BCUT2D eigenvalue weighted by molar-refractivity contribution is 6.35. The van der Waals surface area contributed by atoms with E-state index in [2.05, 4.69) is 20.2 Å². The SMILES string of the molecule is Nc1c[nH]c2ncc(Cl)c(N3CCC[C@@H](NC=O)C3)c12. The molecule has 2 aromatic heterocycles. The number of nitrogens with two attached hydrogens (primary N) is 1. The fourth-order valence-corrected chi connectivity index (χ4v) is 3.06. The van der Waals surface area contributed by atoms with E-state index in [1.54, 1.807) is 12.4 Å². The van der Waals surface area contributed by atoms with E-state index < -0.39 is 0 Å². The second-order valence-electron chi connectivity index (χ2n) is 4.99. The summed E-state index contributed by atoms with van der Waals surface area (Å²) in [5, 5.41) is 4.27. The van der Waals surface area contributed by atoms with Gasteiger partial charge in [0.05, 0.1) is 28.0 Å². The van der Waals surface area contributed by atoms with Crippen LogP contribution in [0.2, 0.25) is 5.02 Å². The molecule has 4 N–H and O–H groups in total. The second-order valence-corrected chi connectivity index (χ2v) is 5.40. The monoisotopic (exact) mass is 293 g/mol. The number of fused-ring (bicyclic) bond motifs is 1. The predicted octanol–water partition coefficient (Wildman–Crippen LogP) is 1.51. The molecule has 7 heteroatoms. The van der Waals surface area contributed by atoms with Crippen molar-refractivity contribution in [1.29, 1.82) is 0 Å². The van der Waals surface area contributed by atoms with Crippen molar-refractivity contribution >= 4 is 40.4 Å². The van der Waals surface area contributed by atoms with Gasteiger partial charge in [-0.25, -0.2) is 4.98 Å².